The molecule has 0 aliphatic heterocycles. The summed E-state index contributed by atoms with van der Waals surface area (Å²) in [4.78, 5) is 10.5. The van der Waals surface area contributed by atoms with E-state index < -0.39 is 22.7 Å². The predicted octanol–water partition coefficient (Wildman–Crippen LogP) is 1.27. The van der Waals surface area contributed by atoms with Gasteiger partial charge in [-0.2, -0.15) is 0 Å². The van der Waals surface area contributed by atoms with Gasteiger partial charge in [0, 0.05) is 28.9 Å². The molecule has 0 aliphatic rings. The second-order valence-corrected chi connectivity index (χ2v) is 5.14. The number of rotatable bonds is 9. The first-order valence-electron chi connectivity index (χ1n) is 5.23. The van der Waals surface area contributed by atoms with Crippen LogP contribution in [0.4, 0.5) is 0 Å². The zero-order valence-electron chi connectivity index (χ0n) is 9.40. The summed E-state index contributed by atoms with van der Waals surface area (Å²) in [7, 11) is -1.08. The molecule has 1 N–H and O–H groups in total. The van der Waals surface area contributed by atoms with Crippen LogP contribution in [0, 0.1) is 5.92 Å². The maximum absolute atomic E-state index is 11.4. The summed E-state index contributed by atoms with van der Waals surface area (Å²) in [5.41, 5.74) is 0. The minimum atomic E-state index is -1.08. The number of carboxylic acid groups (broad SMARTS) is 1. The van der Waals surface area contributed by atoms with Crippen LogP contribution in [0.2, 0.25) is 0 Å². The number of aliphatic carboxylic acids is 1. The first-order valence-corrected chi connectivity index (χ1v) is 6.72. The van der Waals surface area contributed by atoms with Gasteiger partial charge in [-0.05, 0) is 6.42 Å². The third kappa shape index (κ3) is 8.57. The van der Waals surface area contributed by atoms with E-state index >= 15 is 0 Å². The van der Waals surface area contributed by atoms with Gasteiger partial charge in [-0.25, -0.2) is 0 Å². The zero-order valence-corrected chi connectivity index (χ0v) is 10.2. The van der Waals surface area contributed by atoms with Gasteiger partial charge in [0.1, 0.15) is 0 Å². The van der Waals surface area contributed by atoms with Crippen molar-refractivity contribution in [3.8, 4) is 0 Å². The Balaban J connectivity index is 3.45. The van der Waals surface area contributed by atoms with Crippen molar-refractivity contribution in [1.82, 2.24) is 0 Å². The number of ether oxygens (including phenoxy) is 1. The molecule has 0 bridgehead atoms. The van der Waals surface area contributed by atoms with Crippen molar-refractivity contribution in [3.63, 3.8) is 0 Å². The predicted molar refractivity (Wildman–Crippen MR) is 60.4 cm³/mol. The largest absolute Gasteiger partial charge is 0.481 e. The third-order valence-corrected chi connectivity index (χ3v) is 3.45. The number of carboxylic acids is 1. The molecule has 90 valence electrons. The summed E-state index contributed by atoms with van der Waals surface area (Å²) in [6.07, 6.45) is 2.09. The molecule has 0 aliphatic carbocycles. The molecule has 0 spiro atoms. The van der Waals surface area contributed by atoms with E-state index in [1.54, 1.807) is 6.92 Å². The quantitative estimate of drug-likeness (QED) is 0.612. The molecule has 4 nitrogen and oxygen atoms in total. The summed E-state index contributed by atoms with van der Waals surface area (Å²) in [6, 6.07) is 0. The van der Waals surface area contributed by atoms with Crippen LogP contribution in [0.5, 0.6) is 0 Å². The second-order valence-electron chi connectivity index (χ2n) is 3.52. The van der Waals surface area contributed by atoms with Gasteiger partial charge in [0.2, 0.25) is 0 Å². The van der Waals surface area contributed by atoms with Crippen molar-refractivity contribution in [3.05, 3.63) is 0 Å². The maximum atomic E-state index is 11.4. The molecule has 5 heteroatoms. The summed E-state index contributed by atoms with van der Waals surface area (Å²) >= 11 is 0. The van der Waals surface area contributed by atoms with E-state index in [9.17, 15) is 9.00 Å². The van der Waals surface area contributed by atoms with Crippen LogP contribution in [0.15, 0.2) is 0 Å². The van der Waals surface area contributed by atoms with Crippen molar-refractivity contribution in [1.29, 1.82) is 0 Å². The average molecular weight is 236 g/mol. The number of hydrogen-bond acceptors (Lipinski definition) is 3. The van der Waals surface area contributed by atoms with E-state index in [-0.39, 0.29) is 5.75 Å². The van der Waals surface area contributed by atoms with E-state index in [2.05, 4.69) is 6.92 Å². The van der Waals surface area contributed by atoms with E-state index in [1.807, 2.05) is 0 Å². The van der Waals surface area contributed by atoms with Gasteiger partial charge in [-0.3, -0.25) is 9.00 Å². The lowest BCUT2D eigenvalue weighted by atomic mass is 10.2. The van der Waals surface area contributed by atoms with Crippen molar-refractivity contribution < 1.29 is 18.8 Å². The summed E-state index contributed by atoms with van der Waals surface area (Å²) < 4.78 is 16.6. The highest BCUT2D eigenvalue weighted by atomic mass is 32.2. The highest BCUT2D eigenvalue weighted by Gasteiger charge is 2.14. The molecule has 0 aromatic heterocycles. The molecule has 0 radical (unpaired) electrons. The van der Waals surface area contributed by atoms with E-state index in [0.717, 1.165) is 12.8 Å². The molecular formula is C10H20O4S. The fourth-order valence-electron chi connectivity index (χ4n) is 0.934. The van der Waals surface area contributed by atoms with Crippen LogP contribution < -0.4 is 0 Å². The van der Waals surface area contributed by atoms with Crippen LogP contribution >= 0.6 is 0 Å². The van der Waals surface area contributed by atoms with E-state index in [1.165, 1.54) is 0 Å². The minimum Gasteiger partial charge on any atom is -0.481 e. The second kappa shape index (κ2) is 8.85. The van der Waals surface area contributed by atoms with Crippen molar-refractivity contribution in [2.24, 2.45) is 5.92 Å². The first kappa shape index (κ1) is 14.6. The topological polar surface area (TPSA) is 63.6 Å². The van der Waals surface area contributed by atoms with Gasteiger partial charge >= 0.3 is 5.97 Å². The normalized spacial score (nSPS) is 14.8. The molecule has 0 aromatic rings. The molecule has 2 unspecified atom stereocenters. The van der Waals surface area contributed by atoms with Crippen LogP contribution in [0.1, 0.15) is 26.7 Å². The SMILES string of the molecule is CCCCOCCS(=O)CC(C)C(=O)O. The van der Waals surface area contributed by atoms with Crippen LogP contribution in [0.3, 0.4) is 0 Å². The lowest BCUT2D eigenvalue weighted by molar-refractivity contribution is -0.140. The summed E-state index contributed by atoms with van der Waals surface area (Å²) in [5, 5.41) is 8.61. The molecule has 0 rings (SSSR count). The van der Waals surface area contributed by atoms with Gasteiger partial charge in [-0.15, -0.1) is 0 Å². The smallest absolute Gasteiger partial charge is 0.307 e. The first-order chi connectivity index (χ1) is 7.07. The standard InChI is InChI=1S/C10H20O4S/c1-3-4-5-14-6-7-15(13)8-9(2)10(11)12/h9H,3-8H2,1-2H3,(H,11,12). The van der Waals surface area contributed by atoms with Gasteiger partial charge in [0.25, 0.3) is 0 Å². The van der Waals surface area contributed by atoms with Gasteiger partial charge < -0.3 is 9.84 Å². The number of carbonyl (C=O) groups is 1. The lowest BCUT2D eigenvalue weighted by Gasteiger charge is -2.06. The molecule has 0 heterocycles. The van der Waals surface area contributed by atoms with Gasteiger partial charge in [0.05, 0.1) is 12.5 Å². The Morgan fingerprint density at radius 1 is 1.47 bits per heavy atom. The highest BCUT2D eigenvalue weighted by Crippen LogP contribution is 1.99. The van der Waals surface area contributed by atoms with E-state index in [0.29, 0.717) is 19.0 Å². The monoisotopic (exact) mass is 236 g/mol. The Kier molecular flexibility index (Phi) is 8.61. The van der Waals surface area contributed by atoms with Crippen LogP contribution in [-0.2, 0) is 20.3 Å². The number of unbranched alkanes of at least 4 members (excludes halogenated alkanes) is 1. The fraction of sp³-hybridized carbons (Fsp3) is 0.900. The van der Waals surface area contributed by atoms with Crippen molar-refractivity contribution in [2.45, 2.75) is 26.7 Å². The van der Waals surface area contributed by atoms with Crippen LogP contribution in [-0.4, -0.2) is 40.0 Å². The van der Waals surface area contributed by atoms with E-state index in [4.69, 9.17) is 9.84 Å². The third-order valence-electron chi connectivity index (χ3n) is 1.96. The van der Waals surface area contributed by atoms with Gasteiger partial charge in [0.15, 0.2) is 0 Å². The summed E-state index contributed by atoms with van der Waals surface area (Å²) in [5.74, 6) is -0.787. The van der Waals surface area contributed by atoms with Crippen LogP contribution in [0.25, 0.3) is 0 Å². The molecule has 0 saturated carbocycles. The van der Waals surface area contributed by atoms with Crippen molar-refractivity contribution >= 4 is 16.8 Å². The van der Waals surface area contributed by atoms with Gasteiger partial charge in [-0.1, -0.05) is 20.3 Å². The lowest BCUT2D eigenvalue weighted by Crippen LogP contribution is -2.20. The molecule has 15 heavy (non-hydrogen) atoms. The molecule has 2 atom stereocenters. The van der Waals surface area contributed by atoms with Crippen molar-refractivity contribution in [2.75, 3.05) is 24.7 Å². The Morgan fingerprint density at radius 3 is 2.67 bits per heavy atom. The highest BCUT2D eigenvalue weighted by molar-refractivity contribution is 7.85. The average Bonchev–Trinajstić information content (AvgIpc) is 2.17. The fourth-order valence-corrected chi connectivity index (χ4v) is 2.10. The Hall–Kier alpha value is -0.420. The molecule has 0 amide bonds. The zero-order chi connectivity index (χ0) is 11.7. The molecule has 0 saturated heterocycles. The Labute approximate surface area is 93.5 Å². The Morgan fingerprint density at radius 2 is 2.13 bits per heavy atom. The molecule has 0 aromatic carbocycles. The molecule has 0 fully saturated rings. The summed E-state index contributed by atoms with van der Waals surface area (Å²) in [6.45, 7) is 4.80. The Bertz CT molecular complexity index is 206. The number of hydrogen-bond donors (Lipinski definition) is 1. The molecular weight excluding hydrogens is 216 g/mol. The minimum absolute atomic E-state index is 0.215. The maximum Gasteiger partial charge on any atom is 0.307 e.